The third-order valence-electron chi connectivity index (χ3n) is 5.11. The second kappa shape index (κ2) is 7.46. The van der Waals surface area contributed by atoms with Gasteiger partial charge in [-0.25, -0.2) is 9.07 Å². The highest BCUT2D eigenvalue weighted by atomic mass is 19.1. The quantitative estimate of drug-likeness (QED) is 0.740. The highest BCUT2D eigenvalue weighted by molar-refractivity contribution is 6.04. The predicted molar refractivity (Wildman–Crippen MR) is 109 cm³/mol. The lowest BCUT2D eigenvalue weighted by Gasteiger charge is -2.14. The van der Waals surface area contributed by atoms with Crippen molar-refractivity contribution in [3.63, 3.8) is 0 Å². The number of rotatable bonds is 4. The highest BCUT2D eigenvalue weighted by Crippen LogP contribution is 2.28. The van der Waals surface area contributed by atoms with Crippen molar-refractivity contribution in [2.24, 2.45) is 0 Å². The van der Waals surface area contributed by atoms with E-state index in [-0.39, 0.29) is 11.7 Å². The Morgan fingerprint density at radius 2 is 1.71 bits per heavy atom. The van der Waals surface area contributed by atoms with E-state index in [1.165, 1.54) is 12.1 Å². The summed E-state index contributed by atoms with van der Waals surface area (Å²) in [6, 6.07) is 13.9. The Bertz CT molecular complexity index is 991. The van der Waals surface area contributed by atoms with Crippen LogP contribution in [0.4, 0.5) is 15.8 Å². The average Bonchev–Trinajstić information content (AvgIpc) is 3.09. The molecule has 1 aliphatic carbocycles. The average molecular weight is 378 g/mol. The number of carbonyl (C=O) groups is 1. The maximum atomic E-state index is 13.3. The van der Waals surface area contributed by atoms with Gasteiger partial charge >= 0.3 is 0 Å². The van der Waals surface area contributed by atoms with Crippen LogP contribution in [0.15, 0.2) is 48.5 Å². The van der Waals surface area contributed by atoms with E-state index in [0.717, 1.165) is 54.0 Å². The number of nitrogens with zero attached hydrogens (tertiary/aromatic N) is 3. The Morgan fingerprint density at radius 3 is 2.39 bits per heavy atom. The van der Waals surface area contributed by atoms with Crippen LogP contribution in [-0.2, 0) is 12.8 Å². The van der Waals surface area contributed by atoms with Gasteiger partial charge in [0.15, 0.2) is 5.69 Å². The lowest BCUT2D eigenvalue weighted by atomic mass is 9.95. The normalized spacial score (nSPS) is 13.1. The molecule has 0 saturated heterocycles. The van der Waals surface area contributed by atoms with Crippen molar-refractivity contribution in [2.45, 2.75) is 25.7 Å². The molecule has 0 bridgehead atoms. The summed E-state index contributed by atoms with van der Waals surface area (Å²) in [4.78, 5) is 15.0. The molecule has 0 spiro atoms. The molecule has 5 nitrogen and oxygen atoms in total. The summed E-state index contributed by atoms with van der Waals surface area (Å²) < 4.78 is 15.1. The first-order chi connectivity index (χ1) is 13.5. The van der Waals surface area contributed by atoms with Crippen LogP contribution in [0, 0.1) is 5.82 Å². The Hall–Kier alpha value is -3.15. The molecule has 0 radical (unpaired) electrons. The van der Waals surface area contributed by atoms with Crippen molar-refractivity contribution in [2.75, 3.05) is 24.3 Å². The topological polar surface area (TPSA) is 50.2 Å². The molecule has 0 saturated carbocycles. The molecular formula is C22H23FN4O. The molecule has 1 heterocycles. The molecule has 0 fully saturated rings. The van der Waals surface area contributed by atoms with E-state index in [1.54, 1.807) is 16.8 Å². The van der Waals surface area contributed by atoms with Gasteiger partial charge in [-0.05, 0) is 74.2 Å². The molecule has 144 valence electrons. The lowest BCUT2D eigenvalue weighted by molar-refractivity contribution is 0.102. The first-order valence-corrected chi connectivity index (χ1v) is 9.48. The number of nitrogens with one attached hydrogen (secondary N) is 1. The zero-order valence-corrected chi connectivity index (χ0v) is 16.1. The Morgan fingerprint density at radius 1 is 1.04 bits per heavy atom. The van der Waals surface area contributed by atoms with Gasteiger partial charge in [-0.3, -0.25) is 4.79 Å². The van der Waals surface area contributed by atoms with Gasteiger partial charge < -0.3 is 10.2 Å². The number of hydrogen-bond donors (Lipinski definition) is 1. The summed E-state index contributed by atoms with van der Waals surface area (Å²) in [5.74, 6) is -0.500. The minimum Gasteiger partial charge on any atom is -0.378 e. The SMILES string of the molecule is CN(C)c1ccc(NC(=O)c2nn(-c3ccc(F)cc3)c3c2CCCC3)cc1. The first kappa shape index (κ1) is 18.2. The van der Waals surface area contributed by atoms with Gasteiger partial charge in [0.05, 0.1) is 5.69 Å². The van der Waals surface area contributed by atoms with Crippen LogP contribution in [0.3, 0.4) is 0 Å². The van der Waals surface area contributed by atoms with Crippen LogP contribution < -0.4 is 10.2 Å². The monoisotopic (exact) mass is 378 g/mol. The Labute approximate surface area is 163 Å². The molecule has 4 rings (SSSR count). The van der Waals surface area contributed by atoms with E-state index in [2.05, 4.69) is 10.4 Å². The summed E-state index contributed by atoms with van der Waals surface area (Å²) in [5, 5.41) is 7.56. The number of carbonyl (C=O) groups excluding carboxylic acids is 1. The number of halogens is 1. The number of fused-ring (bicyclic) bond motifs is 1. The summed E-state index contributed by atoms with van der Waals surface area (Å²) in [6.45, 7) is 0. The molecule has 6 heteroatoms. The zero-order valence-electron chi connectivity index (χ0n) is 16.1. The van der Waals surface area contributed by atoms with Gasteiger partial charge in [-0.15, -0.1) is 0 Å². The predicted octanol–water partition coefficient (Wildman–Crippen LogP) is 4.21. The Kier molecular flexibility index (Phi) is 4.86. The second-order valence-corrected chi connectivity index (χ2v) is 7.26. The van der Waals surface area contributed by atoms with Crippen molar-refractivity contribution in [1.29, 1.82) is 0 Å². The van der Waals surface area contributed by atoms with Gasteiger partial charge in [0.25, 0.3) is 5.91 Å². The number of amides is 1. The standard InChI is InChI=1S/C22H23FN4O/c1-26(2)17-13-9-16(10-14-17)24-22(28)21-19-5-3-4-6-20(19)27(25-21)18-11-7-15(23)8-12-18/h7-14H,3-6H2,1-2H3,(H,24,28). The zero-order chi connectivity index (χ0) is 19.7. The number of hydrogen-bond acceptors (Lipinski definition) is 3. The molecule has 3 aromatic rings. The Balaban J connectivity index is 1.65. The van der Waals surface area contributed by atoms with Gasteiger partial charge in [-0.1, -0.05) is 0 Å². The fourth-order valence-corrected chi connectivity index (χ4v) is 3.61. The molecule has 1 aliphatic rings. The number of aromatic nitrogens is 2. The van der Waals surface area contributed by atoms with Crippen molar-refractivity contribution < 1.29 is 9.18 Å². The van der Waals surface area contributed by atoms with Crippen LogP contribution in [0.2, 0.25) is 0 Å². The number of benzene rings is 2. The summed E-state index contributed by atoms with van der Waals surface area (Å²) >= 11 is 0. The van der Waals surface area contributed by atoms with Crippen molar-refractivity contribution >= 4 is 17.3 Å². The van der Waals surface area contributed by atoms with Crippen LogP contribution in [0.1, 0.15) is 34.6 Å². The minimum atomic E-state index is -0.288. The van der Waals surface area contributed by atoms with Crippen molar-refractivity contribution in [1.82, 2.24) is 9.78 Å². The largest absolute Gasteiger partial charge is 0.378 e. The van der Waals surface area contributed by atoms with E-state index in [4.69, 9.17) is 0 Å². The van der Waals surface area contributed by atoms with E-state index in [1.807, 2.05) is 43.3 Å². The number of anilines is 2. The van der Waals surface area contributed by atoms with Gasteiger partial charge in [0.1, 0.15) is 5.82 Å². The van der Waals surface area contributed by atoms with Crippen LogP contribution in [0.25, 0.3) is 5.69 Å². The molecule has 1 N–H and O–H groups in total. The van der Waals surface area contributed by atoms with E-state index in [0.29, 0.717) is 5.69 Å². The van der Waals surface area contributed by atoms with Crippen LogP contribution in [0.5, 0.6) is 0 Å². The van der Waals surface area contributed by atoms with Gasteiger partial charge in [-0.2, -0.15) is 5.10 Å². The molecule has 0 aliphatic heterocycles. The minimum absolute atomic E-state index is 0.211. The maximum Gasteiger partial charge on any atom is 0.276 e. The van der Waals surface area contributed by atoms with Crippen molar-refractivity contribution in [3.8, 4) is 5.69 Å². The molecular weight excluding hydrogens is 355 g/mol. The molecule has 2 aromatic carbocycles. The molecule has 0 unspecified atom stereocenters. The van der Waals surface area contributed by atoms with E-state index < -0.39 is 0 Å². The van der Waals surface area contributed by atoms with Crippen LogP contribution >= 0.6 is 0 Å². The first-order valence-electron chi connectivity index (χ1n) is 9.48. The third-order valence-corrected chi connectivity index (χ3v) is 5.11. The highest BCUT2D eigenvalue weighted by Gasteiger charge is 2.25. The smallest absolute Gasteiger partial charge is 0.276 e. The van der Waals surface area contributed by atoms with E-state index >= 15 is 0 Å². The molecule has 1 amide bonds. The van der Waals surface area contributed by atoms with Crippen LogP contribution in [-0.4, -0.2) is 29.8 Å². The fraction of sp³-hybridized carbons (Fsp3) is 0.273. The summed E-state index contributed by atoms with van der Waals surface area (Å²) in [7, 11) is 3.95. The third kappa shape index (κ3) is 3.50. The van der Waals surface area contributed by atoms with Gasteiger partial charge in [0, 0.05) is 36.7 Å². The molecule has 1 aromatic heterocycles. The molecule has 28 heavy (non-hydrogen) atoms. The second-order valence-electron chi connectivity index (χ2n) is 7.26. The van der Waals surface area contributed by atoms with Crippen molar-refractivity contribution in [3.05, 3.63) is 71.3 Å². The fourth-order valence-electron chi connectivity index (χ4n) is 3.61. The molecule has 0 atom stereocenters. The summed E-state index contributed by atoms with van der Waals surface area (Å²) in [6.07, 6.45) is 3.80. The van der Waals surface area contributed by atoms with Gasteiger partial charge in [0.2, 0.25) is 0 Å². The van der Waals surface area contributed by atoms with E-state index in [9.17, 15) is 9.18 Å². The maximum absolute atomic E-state index is 13.3. The lowest BCUT2D eigenvalue weighted by Crippen LogP contribution is -2.16. The summed E-state index contributed by atoms with van der Waals surface area (Å²) in [5.41, 5.74) is 5.07.